The molecule has 1 atom stereocenters. The summed E-state index contributed by atoms with van der Waals surface area (Å²) < 4.78 is 0. The van der Waals surface area contributed by atoms with Crippen LogP contribution in [0.5, 0.6) is 0 Å². The van der Waals surface area contributed by atoms with E-state index in [1.165, 1.54) is 0 Å². The molecular formula is C13H18N2O3. The number of hydrogen-bond acceptors (Lipinski definition) is 3. The highest BCUT2D eigenvalue weighted by molar-refractivity contribution is 5.78. The van der Waals surface area contributed by atoms with Crippen molar-refractivity contribution in [3.63, 3.8) is 0 Å². The Hall–Kier alpha value is -1.88. The molecule has 0 aliphatic heterocycles. The van der Waals surface area contributed by atoms with Crippen LogP contribution in [0, 0.1) is 5.92 Å². The number of rotatable bonds is 7. The fraction of sp³-hybridized carbons (Fsp3) is 0.385. The first-order chi connectivity index (χ1) is 8.59. The van der Waals surface area contributed by atoms with Gasteiger partial charge < -0.3 is 15.7 Å². The number of carboxylic acids is 1. The Kier molecular flexibility index (Phi) is 5.87. The second-order valence-corrected chi connectivity index (χ2v) is 4.13. The number of carbonyl (C=O) groups is 2. The molecule has 0 heterocycles. The molecule has 0 aliphatic rings. The van der Waals surface area contributed by atoms with Crippen molar-refractivity contribution < 1.29 is 14.7 Å². The lowest BCUT2D eigenvalue weighted by atomic mass is 10.2. The van der Waals surface area contributed by atoms with Gasteiger partial charge in [0.1, 0.15) is 0 Å². The molecule has 18 heavy (non-hydrogen) atoms. The summed E-state index contributed by atoms with van der Waals surface area (Å²) in [6, 6.07) is 9.60. The van der Waals surface area contributed by atoms with Crippen LogP contribution in [0.3, 0.4) is 0 Å². The Morgan fingerprint density at radius 2 is 1.94 bits per heavy atom. The normalized spacial score (nSPS) is 11.8. The predicted molar refractivity (Wildman–Crippen MR) is 68.0 cm³/mol. The summed E-state index contributed by atoms with van der Waals surface area (Å²) in [6.45, 7) is 2.49. The Labute approximate surface area is 106 Å². The molecule has 3 N–H and O–H groups in total. The molecule has 5 heteroatoms. The maximum absolute atomic E-state index is 11.4. The highest BCUT2D eigenvalue weighted by Crippen LogP contribution is 1.96. The maximum Gasteiger partial charge on any atom is 0.307 e. The van der Waals surface area contributed by atoms with Gasteiger partial charge >= 0.3 is 5.97 Å². The van der Waals surface area contributed by atoms with Gasteiger partial charge in [-0.1, -0.05) is 37.3 Å². The van der Waals surface area contributed by atoms with Crippen LogP contribution in [0.1, 0.15) is 12.5 Å². The Balaban J connectivity index is 2.17. The summed E-state index contributed by atoms with van der Waals surface area (Å²) in [5, 5.41) is 14.2. The quantitative estimate of drug-likeness (QED) is 0.662. The van der Waals surface area contributed by atoms with Gasteiger partial charge in [-0.2, -0.15) is 0 Å². The Bertz CT molecular complexity index is 392. The van der Waals surface area contributed by atoms with Crippen molar-refractivity contribution in [3.05, 3.63) is 35.9 Å². The highest BCUT2D eigenvalue weighted by Gasteiger charge is 2.10. The van der Waals surface area contributed by atoms with Crippen LogP contribution in [-0.4, -0.2) is 30.1 Å². The minimum atomic E-state index is -0.868. The van der Waals surface area contributed by atoms with E-state index in [1.807, 2.05) is 30.3 Å². The lowest BCUT2D eigenvalue weighted by molar-refractivity contribution is -0.141. The van der Waals surface area contributed by atoms with Gasteiger partial charge in [0.25, 0.3) is 0 Å². The van der Waals surface area contributed by atoms with Gasteiger partial charge in [0, 0.05) is 13.1 Å². The van der Waals surface area contributed by atoms with Crippen molar-refractivity contribution in [1.29, 1.82) is 0 Å². The van der Waals surface area contributed by atoms with E-state index in [0.717, 1.165) is 5.56 Å². The molecule has 1 aromatic rings. The summed E-state index contributed by atoms with van der Waals surface area (Å²) >= 11 is 0. The molecule has 0 aliphatic carbocycles. The molecule has 0 radical (unpaired) electrons. The third kappa shape index (κ3) is 5.45. The standard InChI is InChI=1S/C13H18N2O3/c1-10(13(17)18)7-14-9-12(16)15-8-11-5-3-2-4-6-11/h2-6,10,14H,7-9H2,1H3,(H,15,16)(H,17,18). The van der Waals surface area contributed by atoms with Crippen LogP contribution in [-0.2, 0) is 16.1 Å². The first kappa shape index (κ1) is 14.2. The van der Waals surface area contributed by atoms with Gasteiger partial charge in [0.2, 0.25) is 5.91 Å². The van der Waals surface area contributed by atoms with Crippen LogP contribution in [0.2, 0.25) is 0 Å². The number of hydrogen-bond donors (Lipinski definition) is 3. The van der Waals surface area contributed by atoms with Crippen molar-refractivity contribution in [3.8, 4) is 0 Å². The van der Waals surface area contributed by atoms with Crippen molar-refractivity contribution in [2.45, 2.75) is 13.5 Å². The van der Waals surface area contributed by atoms with E-state index in [-0.39, 0.29) is 19.0 Å². The Morgan fingerprint density at radius 3 is 2.56 bits per heavy atom. The lowest BCUT2D eigenvalue weighted by Gasteiger charge is -2.08. The van der Waals surface area contributed by atoms with Gasteiger partial charge in [-0.15, -0.1) is 0 Å². The zero-order chi connectivity index (χ0) is 13.4. The minimum absolute atomic E-state index is 0.129. The molecule has 0 bridgehead atoms. The molecule has 1 aromatic carbocycles. The van der Waals surface area contributed by atoms with E-state index in [1.54, 1.807) is 6.92 Å². The van der Waals surface area contributed by atoms with Gasteiger partial charge in [-0.25, -0.2) is 0 Å². The zero-order valence-corrected chi connectivity index (χ0v) is 10.3. The van der Waals surface area contributed by atoms with E-state index in [2.05, 4.69) is 10.6 Å². The molecule has 0 spiro atoms. The number of carbonyl (C=O) groups excluding carboxylic acids is 1. The minimum Gasteiger partial charge on any atom is -0.481 e. The number of aliphatic carboxylic acids is 1. The first-order valence-corrected chi connectivity index (χ1v) is 5.83. The van der Waals surface area contributed by atoms with E-state index in [9.17, 15) is 9.59 Å². The molecular weight excluding hydrogens is 232 g/mol. The fourth-order valence-electron chi connectivity index (χ4n) is 1.35. The maximum atomic E-state index is 11.4. The molecule has 1 amide bonds. The molecule has 0 saturated carbocycles. The summed E-state index contributed by atoms with van der Waals surface area (Å²) in [5.41, 5.74) is 1.03. The van der Waals surface area contributed by atoms with Crippen LogP contribution in [0.25, 0.3) is 0 Å². The highest BCUT2D eigenvalue weighted by atomic mass is 16.4. The third-order valence-corrected chi connectivity index (χ3v) is 2.49. The average Bonchev–Trinajstić information content (AvgIpc) is 2.37. The zero-order valence-electron chi connectivity index (χ0n) is 10.3. The van der Waals surface area contributed by atoms with Gasteiger partial charge in [0.15, 0.2) is 0 Å². The van der Waals surface area contributed by atoms with Gasteiger partial charge in [0.05, 0.1) is 12.5 Å². The third-order valence-electron chi connectivity index (χ3n) is 2.49. The molecule has 1 rings (SSSR count). The van der Waals surface area contributed by atoms with Crippen molar-refractivity contribution >= 4 is 11.9 Å². The number of carboxylic acid groups (broad SMARTS) is 1. The summed E-state index contributed by atoms with van der Waals surface area (Å²) in [6.07, 6.45) is 0. The smallest absolute Gasteiger partial charge is 0.307 e. The SMILES string of the molecule is CC(CNCC(=O)NCc1ccccc1)C(=O)O. The van der Waals surface area contributed by atoms with E-state index >= 15 is 0 Å². The number of benzene rings is 1. The largest absolute Gasteiger partial charge is 0.481 e. The number of nitrogens with one attached hydrogen (secondary N) is 2. The average molecular weight is 250 g/mol. The monoisotopic (exact) mass is 250 g/mol. The summed E-state index contributed by atoms with van der Waals surface area (Å²) in [7, 11) is 0. The fourth-order valence-corrected chi connectivity index (χ4v) is 1.35. The second kappa shape index (κ2) is 7.45. The first-order valence-electron chi connectivity index (χ1n) is 5.83. The van der Waals surface area contributed by atoms with Crippen molar-refractivity contribution in [2.24, 2.45) is 5.92 Å². The second-order valence-electron chi connectivity index (χ2n) is 4.13. The lowest BCUT2D eigenvalue weighted by Crippen LogP contribution is -2.36. The summed E-state index contributed by atoms with van der Waals surface area (Å²) in [4.78, 5) is 22.0. The van der Waals surface area contributed by atoms with Crippen molar-refractivity contribution in [2.75, 3.05) is 13.1 Å². The van der Waals surface area contributed by atoms with Crippen LogP contribution in [0.15, 0.2) is 30.3 Å². The van der Waals surface area contributed by atoms with Gasteiger partial charge in [-0.3, -0.25) is 9.59 Å². The van der Waals surface area contributed by atoms with E-state index in [0.29, 0.717) is 6.54 Å². The van der Waals surface area contributed by atoms with Crippen LogP contribution >= 0.6 is 0 Å². The Morgan fingerprint density at radius 1 is 1.28 bits per heavy atom. The van der Waals surface area contributed by atoms with E-state index < -0.39 is 11.9 Å². The van der Waals surface area contributed by atoms with E-state index in [4.69, 9.17) is 5.11 Å². The molecule has 1 unspecified atom stereocenters. The van der Waals surface area contributed by atoms with Crippen LogP contribution in [0.4, 0.5) is 0 Å². The van der Waals surface area contributed by atoms with Crippen LogP contribution < -0.4 is 10.6 Å². The van der Waals surface area contributed by atoms with Gasteiger partial charge in [-0.05, 0) is 5.56 Å². The topological polar surface area (TPSA) is 78.4 Å². The molecule has 98 valence electrons. The molecule has 0 aromatic heterocycles. The predicted octanol–water partition coefficient (Wildman–Crippen LogP) is 0.613. The molecule has 0 fully saturated rings. The summed E-state index contributed by atoms with van der Waals surface area (Å²) in [5.74, 6) is -1.50. The molecule has 0 saturated heterocycles. The van der Waals surface area contributed by atoms with Crippen molar-refractivity contribution in [1.82, 2.24) is 10.6 Å². The number of amides is 1. The molecule has 5 nitrogen and oxygen atoms in total.